The van der Waals surface area contributed by atoms with Gasteiger partial charge in [-0.05, 0) is 39.2 Å². The minimum atomic E-state index is -0.197. The number of ether oxygens (including phenoxy) is 1. The molecule has 0 amide bonds. The summed E-state index contributed by atoms with van der Waals surface area (Å²) >= 11 is 0. The van der Waals surface area contributed by atoms with Gasteiger partial charge in [0, 0.05) is 34.6 Å². The van der Waals surface area contributed by atoms with Crippen molar-refractivity contribution in [3.8, 4) is 0 Å². The third-order valence-corrected chi connectivity index (χ3v) is 5.38. The van der Waals surface area contributed by atoms with Gasteiger partial charge >= 0.3 is 5.97 Å². The van der Waals surface area contributed by atoms with Crippen LogP contribution in [0.3, 0.4) is 0 Å². The average molecular weight is 368 g/mol. The number of ketones is 2. The third-order valence-electron chi connectivity index (χ3n) is 5.38. The number of methoxy groups -OCH3 is 1. The van der Waals surface area contributed by atoms with Crippen molar-refractivity contribution in [2.24, 2.45) is 0 Å². The smallest absolute Gasteiger partial charge is 0.305 e. The third kappa shape index (κ3) is 4.82. The molecular formula is C23H28O4. The largest absolute Gasteiger partial charge is 0.469 e. The molecule has 0 bridgehead atoms. The van der Waals surface area contributed by atoms with Crippen molar-refractivity contribution in [1.29, 1.82) is 0 Å². The van der Waals surface area contributed by atoms with Crippen LogP contribution in [-0.2, 0) is 19.1 Å². The van der Waals surface area contributed by atoms with Crippen molar-refractivity contribution in [1.82, 2.24) is 0 Å². The molecule has 0 aromatic heterocycles. The predicted octanol–water partition coefficient (Wildman–Crippen LogP) is 4.70. The van der Waals surface area contributed by atoms with Crippen LogP contribution in [0.1, 0.15) is 64.4 Å². The van der Waals surface area contributed by atoms with Gasteiger partial charge in [-0.15, -0.1) is 0 Å². The summed E-state index contributed by atoms with van der Waals surface area (Å²) in [5, 5.41) is 0. The first kappa shape index (κ1) is 20.8. The maximum Gasteiger partial charge on any atom is 0.305 e. The van der Waals surface area contributed by atoms with Crippen LogP contribution < -0.4 is 0 Å². The molecular weight excluding hydrogens is 340 g/mol. The highest BCUT2D eigenvalue weighted by atomic mass is 16.5. The molecule has 1 aromatic rings. The van der Waals surface area contributed by atoms with Gasteiger partial charge < -0.3 is 4.74 Å². The number of carbonyl (C=O) groups excluding carboxylic acids is 3. The van der Waals surface area contributed by atoms with Crippen molar-refractivity contribution in [2.75, 3.05) is 7.11 Å². The molecule has 0 N–H and O–H groups in total. The Balaban J connectivity index is 2.22. The molecule has 0 spiro atoms. The molecule has 1 aromatic carbocycles. The molecule has 144 valence electrons. The highest BCUT2D eigenvalue weighted by molar-refractivity contribution is 6.25. The van der Waals surface area contributed by atoms with Crippen LogP contribution in [0.4, 0.5) is 0 Å². The molecule has 1 aliphatic carbocycles. The number of hydrogen-bond donors (Lipinski definition) is 0. The standard InChI is InChI=1S/C23H28O4/c1-15-16(2)23(26)21(17(3)22(15)25)19(18-11-7-5-8-12-18)13-9-6-10-14-20(24)27-4/h5,7-8,11-12,19H,6,9-10,13-14H2,1-4H3. The Morgan fingerprint density at radius 1 is 0.889 bits per heavy atom. The van der Waals surface area contributed by atoms with Gasteiger partial charge in [-0.3, -0.25) is 14.4 Å². The van der Waals surface area contributed by atoms with E-state index in [1.165, 1.54) is 7.11 Å². The second-order valence-electron chi connectivity index (χ2n) is 7.09. The molecule has 0 aliphatic heterocycles. The Morgan fingerprint density at radius 3 is 2.15 bits per heavy atom. The van der Waals surface area contributed by atoms with E-state index < -0.39 is 0 Å². The Labute approximate surface area is 161 Å². The zero-order valence-electron chi connectivity index (χ0n) is 16.6. The van der Waals surface area contributed by atoms with Gasteiger partial charge in [-0.1, -0.05) is 43.2 Å². The van der Waals surface area contributed by atoms with E-state index in [1.54, 1.807) is 20.8 Å². The summed E-state index contributed by atoms with van der Waals surface area (Å²) in [6.45, 7) is 5.22. The van der Waals surface area contributed by atoms with Crippen LogP contribution in [-0.4, -0.2) is 24.6 Å². The second-order valence-corrected chi connectivity index (χ2v) is 7.09. The normalized spacial score (nSPS) is 16.0. The molecule has 1 aliphatic rings. The van der Waals surface area contributed by atoms with Crippen LogP contribution >= 0.6 is 0 Å². The number of Topliss-reactive ketones (excluding diaryl/α,β-unsaturated/α-hetero) is 2. The lowest BCUT2D eigenvalue weighted by molar-refractivity contribution is -0.140. The van der Waals surface area contributed by atoms with E-state index in [4.69, 9.17) is 0 Å². The van der Waals surface area contributed by atoms with Gasteiger partial charge in [0.15, 0.2) is 11.6 Å². The molecule has 0 saturated carbocycles. The van der Waals surface area contributed by atoms with Gasteiger partial charge in [0.2, 0.25) is 0 Å². The van der Waals surface area contributed by atoms with E-state index in [-0.39, 0.29) is 23.5 Å². The highest BCUT2D eigenvalue weighted by Gasteiger charge is 2.33. The molecule has 27 heavy (non-hydrogen) atoms. The van der Waals surface area contributed by atoms with Crippen molar-refractivity contribution >= 4 is 17.5 Å². The van der Waals surface area contributed by atoms with E-state index >= 15 is 0 Å². The number of unbranched alkanes of at least 4 members (excludes halogenated alkanes) is 2. The summed E-state index contributed by atoms with van der Waals surface area (Å²) in [5.41, 5.74) is 3.33. The molecule has 0 fully saturated rings. The molecule has 2 rings (SSSR count). The first-order chi connectivity index (χ1) is 12.9. The molecule has 4 heteroatoms. The van der Waals surface area contributed by atoms with Gasteiger partial charge in [-0.25, -0.2) is 0 Å². The average Bonchev–Trinajstić information content (AvgIpc) is 2.69. The quantitative estimate of drug-likeness (QED) is 0.379. The van der Waals surface area contributed by atoms with Gasteiger partial charge in [0.1, 0.15) is 0 Å². The number of allylic oxidation sites excluding steroid dienone is 4. The summed E-state index contributed by atoms with van der Waals surface area (Å²) in [4.78, 5) is 36.8. The van der Waals surface area contributed by atoms with Crippen molar-refractivity contribution in [3.05, 3.63) is 58.2 Å². The molecule has 1 unspecified atom stereocenters. The lowest BCUT2D eigenvalue weighted by atomic mass is 9.76. The highest BCUT2D eigenvalue weighted by Crippen LogP contribution is 2.37. The monoisotopic (exact) mass is 368 g/mol. The zero-order valence-corrected chi connectivity index (χ0v) is 16.6. The second kappa shape index (κ2) is 9.45. The molecule has 0 heterocycles. The fourth-order valence-electron chi connectivity index (χ4n) is 3.60. The van der Waals surface area contributed by atoms with Crippen LogP contribution in [0, 0.1) is 0 Å². The van der Waals surface area contributed by atoms with Crippen molar-refractivity contribution in [3.63, 3.8) is 0 Å². The minimum Gasteiger partial charge on any atom is -0.469 e. The van der Waals surface area contributed by atoms with E-state index in [1.807, 2.05) is 30.3 Å². The zero-order chi connectivity index (χ0) is 20.0. The van der Waals surface area contributed by atoms with Gasteiger partial charge in [0.05, 0.1) is 7.11 Å². The van der Waals surface area contributed by atoms with E-state index in [0.29, 0.717) is 28.7 Å². The molecule has 4 nitrogen and oxygen atoms in total. The first-order valence-electron chi connectivity index (χ1n) is 9.47. The Kier molecular flexibility index (Phi) is 7.28. The minimum absolute atomic E-state index is 0.0204. The fraction of sp³-hybridized carbons (Fsp3) is 0.435. The van der Waals surface area contributed by atoms with Crippen LogP contribution in [0.2, 0.25) is 0 Å². The number of rotatable bonds is 8. The summed E-state index contributed by atoms with van der Waals surface area (Å²) in [5.74, 6) is -0.358. The number of esters is 1. The maximum absolute atomic E-state index is 13.0. The Bertz CT molecular complexity index is 784. The summed E-state index contributed by atoms with van der Waals surface area (Å²) < 4.78 is 4.67. The summed E-state index contributed by atoms with van der Waals surface area (Å²) in [6, 6.07) is 9.88. The SMILES string of the molecule is COC(=O)CCCCCC(C1=C(C)C(=O)C(C)=C(C)C1=O)c1ccccc1. The number of benzene rings is 1. The van der Waals surface area contributed by atoms with Crippen LogP contribution in [0.15, 0.2) is 52.6 Å². The van der Waals surface area contributed by atoms with Gasteiger partial charge in [-0.2, -0.15) is 0 Å². The van der Waals surface area contributed by atoms with Crippen molar-refractivity contribution in [2.45, 2.75) is 58.8 Å². The number of carbonyl (C=O) groups is 3. The topological polar surface area (TPSA) is 60.4 Å². The van der Waals surface area contributed by atoms with Crippen LogP contribution in [0.25, 0.3) is 0 Å². The van der Waals surface area contributed by atoms with Gasteiger partial charge in [0.25, 0.3) is 0 Å². The van der Waals surface area contributed by atoms with E-state index in [9.17, 15) is 14.4 Å². The molecule has 0 radical (unpaired) electrons. The van der Waals surface area contributed by atoms with Crippen LogP contribution in [0.5, 0.6) is 0 Å². The van der Waals surface area contributed by atoms with E-state index in [2.05, 4.69) is 4.74 Å². The predicted molar refractivity (Wildman–Crippen MR) is 105 cm³/mol. The maximum atomic E-state index is 13.0. The Morgan fingerprint density at radius 2 is 1.52 bits per heavy atom. The first-order valence-corrected chi connectivity index (χ1v) is 9.47. The van der Waals surface area contributed by atoms with Crippen molar-refractivity contribution < 1.29 is 19.1 Å². The molecule has 0 saturated heterocycles. The Hall–Kier alpha value is -2.49. The fourth-order valence-corrected chi connectivity index (χ4v) is 3.60. The lowest BCUT2D eigenvalue weighted by Gasteiger charge is -2.26. The number of hydrogen-bond acceptors (Lipinski definition) is 4. The molecule has 1 atom stereocenters. The summed E-state index contributed by atoms with van der Waals surface area (Å²) in [6.07, 6.45) is 3.68. The van der Waals surface area contributed by atoms with E-state index in [0.717, 1.165) is 31.2 Å². The summed E-state index contributed by atoms with van der Waals surface area (Å²) in [7, 11) is 1.40. The lowest BCUT2D eigenvalue weighted by Crippen LogP contribution is -2.24.